The molecule has 1 aliphatic heterocycles. The number of piperazine rings is 1. The monoisotopic (exact) mass is 441 g/mol. The van der Waals surface area contributed by atoms with E-state index in [2.05, 4.69) is 49.2 Å². The molecule has 0 aliphatic carbocycles. The number of rotatable bonds is 5. The second kappa shape index (κ2) is 8.99. The lowest BCUT2D eigenvalue weighted by Crippen LogP contribution is -2.57. The Balaban J connectivity index is 1.36. The van der Waals surface area contributed by atoms with Crippen molar-refractivity contribution in [2.75, 3.05) is 31.6 Å². The third-order valence-electron chi connectivity index (χ3n) is 6.15. The van der Waals surface area contributed by atoms with E-state index >= 15 is 0 Å². The van der Waals surface area contributed by atoms with E-state index in [1.807, 2.05) is 60.4 Å². The maximum Gasteiger partial charge on any atom is 0.239 e. The molecule has 5 rings (SSSR count). The van der Waals surface area contributed by atoms with Crippen LogP contribution in [0.3, 0.4) is 0 Å². The lowest BCUT2D eigenvalue weighted by molar-refractivity contribution is -0.126. The van der Waals surface area contributed by atoms with Gasteiger partial charge in [0, 0.05) is 32.4 Å². The van der Waals surface area contributed by atoms with Crippen molar-refractivity contribution in [2.45, 2.75) is 19.5 Å². The predicted octanol–water partition coefficient (Wildman–Crippen LogP) is 2.56. The fourth-order valence-corrected chi connectivity index (χ4v) is 4.16. The SMILES string of the molecule is Cc1ccc(-n2cc3c(N4CCN(C)C(C(=O)NCc5ccccc5)C4)ncnc3n2)cc1. The number of aryl methyl sites for hydroxylation is 1. The van der Waals surface area contributed by atoms with Crippen LogP contribution >= 0.6 is 0 Å². The van der Waals surface area contributed by atoms with Crippen LogP contribution in [0.15, 0.2) is 67.1 Å². The summed E-state index contributed by atoms with van der Waals surface area (Å²) in [6, 6.07) is 17.9. The van der Waals surface area contributed by atoms with Crippen molar-refractivity contribution in [3.8, 4) is 5.69 Å². The summed E-state index contributed by atoms with van der Waals surface area (Å²) in [7, 11) is 2.00. The smallest absolute Gasteiger partial charge is 0.239 e. The Morgan fingerprint density at radius 2 is 1.85 bits per heavy atom. The Labute approximate surface area is 192 Å². The van der Waals surface area contributed by atoms with Gasteiger partial charge in [-0.25, -0.2) is 14.6 Å². The Bertz CT molecular complexity index is 1250. The molecule has 8 heteroatoms. The minimum absolute atomic E-state index is 0.0201. The van der Waals surface area contributed by atoms with E-state index in [1.165, 1.54) is 5.56 Å². The number of nitrogens with one attached hydrogen (secondary N) is 1. The molecule has 1 aliphatic rings. The van der Waals surface area contributed by atoms with E-state index in [1.54, 1.807) is 6.33 Å². The van der Waals surface area contributed by atoms with E-state index in [9.17, 15) is 4.79 Å². The highest BCUT2D eigenvalue weighted by Gasteiger charge is 2.31. The number of hydrogen-bond donors (Lipinski definition) is 1. The maximum absolute atomic E-state index is 13.0. The molecule has 2 aromatic carbocycles. The average molecular weight is 442 g/mol. The molecule has 168 valence electrons. The molecule has 1 amide bonds. The standard InChI is InChI=1S/C25H27N7O/c1-18-8-10-20(11-9-18)32-15-21-23(29-32)27-17-28-24(21)31-13-12-30(2)22(16-31)25(33)26-14-19-6-4-3-5-7-19/h3-11,15,17,22H,12-14,16H2,1-2H3,(H,26,33). The molecule has 1 fully saturated rings. The normalized spacial score (nSPS) is 16.8. The van der Waals surface area contributed by atoms with Gasteiger partial charge in [0.15, 0.2) is 5.65 Å². The van der Waals surface area contributed by atoms with Gasteiger partial charge in [-0.2, -0.15) is 0 Å². The van der Waals surface area contributed by atoms with Crippen molar-refractivity contribution in [3.05, 3.63) is 78.2 Å². The topological polar surface area (TPSA) is 79.2 Å². The van der Waals surface area contributed by atoms with Crippen molar-refractivity contribution in [3.63, 3.8) is 0 Å². The van der Waals surface area contributed by atoms with Crippen LogP contribution in [0.5, 0.6) is 0 Å². The van der Waals surface area contributed by atoms with Gasteiger partial charge in [0.25, 0.3) is 0 Å². The van der Waals surface area contributed by atoms with Crippen LogP contribution in [0.2, 0.25) is 0 Å². The summed E-state index contributed by atoms with van der Waals surface area (Å²) in [6.45, 7) is 4.68. The van der Waals surface area contributed by atoms with Gasteiger partial charge in [0.05, 0.1) is 11.1 Å². The highest BCUT2D eigenvalue weighted by molar-refractivity contribution is 5.88. The van der Waals surface area contributed by atoms with Crippen molar-refractivity contribution in [1.29, 1.82) is 0 Å². The first kappa shape index (κ1) is 21.1. The second-order valence-corrected chi connectivity index (χ2v) is 8.49. The Morgan fingerprint density at radius 1 is 1.06 bits per heavy atom. The Morgan fingerprint density at radius 3 is 2.64 bits per heavy atom. The third kappa shape index (κ3) is 4.42. The summed E-state index contributed by atoms with van der Waals surface area (Å²) in [6.07, 6.45) is 3.52. The van der Waals surface area contributed by atoms with Gasteiger partial charge in [-0.1, -0.05) is 48.0 Å². The van der Waals surface area contributed by atoms with Gasteiger partial charge in [-0.15, -0.1) is 5.10 Å². The Kier molecular flexibility index (Phi) is 5.75. The number of benzene rings is 2. The summed E-state index contributed by atoms with van der Waals surface area (Å²) in [4.78, 5) is 26.2. The number of aromatic nitrogens is 4. The zero-order valence-corrected chi connectivity index (χ0v) is 18.8. The quantitative estimate of drug-likeness (QED) is 0.513. The average Bonchev–Trinajstić information content (AvgIpc) is 3.28. The molecule has 0 bridgehead atoms. The number of fused-ring (bicyclic) bond motifs is 1. The summed E-state index contributed by atoms with van der Waals surface area (Å²) in [5, 5.41) is 8.61. The molecule has 2 aromatic heterocycles. The lowest BCUT2D eigenvalue weighted by atomic mass is 10.1. The predicted molar refractivity (Wildman–Crippen MR) is 128 cm³/mol. The van der Waals surface area contributed by atoms with Crippen molar-refractivity contribution in [1.82, 2.24) is 30.0 Å². The van der Waals surface area contributed by atoms with Crippen molar-refractivity contribution >= 4 is 22.8 Å². The summed E-state index contributed by atoms with van der Waals surface area (Å²) < 4.78 is 1.84. The number of hydrogen-bond acceptors (Lipinski definition) is 6. The van der Waals surface area contributed by atoms with E-state index < -0.39 is 0 Å². The molecule has 1 N–H and O–H groups in total. The van der Waals surface area contributed by atoms with Crippen LogP contribution in [0.1, 0.15) is 11.1 Å². The maximum atomic E-state index is 13.0. The van der Waals surface area contributed by atoms with Gasteiger partial charge < -0.3 is 10.2 Å². The number of likely N-dealkylation sites (N-methyl/N-ethyl adjacent to an activating group) is 1. The van der Waals surface area contributed by atoms with Crippen molar-refractivity contribution in [2.24, 2.45) is 0 Å². The first-order chi connectivity index (χ1) is 16.1. The Hall–Kier alpha value is -3.78. The summed E-state index contributed by atoms with van der Waals surface area (Å²) in [5.74, 6) is 0.832. The molecular weight excluding hydrogens is 414 g/mol. The third-order valence-corrected chi connectivity index (χ3v) is 6.15. The van der Waals surface area contributed by atoms with Crippen LogP contribution in [0, 0.1) is 6.92 Å². The molecular formula is C25H27N7O. The molecule has 0 saturated carbocycles. The number of anilines is 1. The molecule has 4 aromatic rings. The molecule has 8 nitrogen and oxygen atoms in total. The fraction of sp³-hybridized carbons (Fsp3) is 0.280. The molecule has 1 unspecified atom stereocenters. The number of carbonyl (C=O) groups is 1. The zero-order chi connectivity index (χ0) is 22.8. The largest absolute Gasteiger partial charge is 0.353 e. The number of carbonyl (C=O) groups excluding carboxylic acids is 1. The second-order valence-electron chi connectivity index (χ2n) is 8.49. The molecule has 0 radical (unpaired) electrons. The summed E-state index contributed by atoms with van der Waals surface area (Å²) >= 11 is 0. The zero-order valence-electron chi connectivity index (χ0n) is 18.8. The van der Waals surface area contributed by atoms with Crippen LogP contribution in [-0.4, -0.2) is 63.3 Å². The van der Waals surface area contributed by atoms with E-state index in [-0.39, 0.29) is 11.9 Å². The fourth-order valence-electron chi connectivity index (χ4n) is 4.16. The van der Waals surface area contributed by atoms with E-state index in [4.69, 9.17) is 0 Å². The van der Waals surface area contributed by atoms with Gasteiger partial charge >= 0.3 is 0 Å². The number of nitrogens with zero attached hydrogens (tertiary/aromatic N) is 6. The lowest BCUT2D eigenvalue weighted by Gasteiger charge is -2.39. The van der Waals surface area contributed by atoms with Gasteiger partial charge in [0.1, 0.15) is 18.2 Å². The van der Waals surface area contributed by atoms with Crippen molar-refractivity contribution < 1.29 is 4.79 Å². The number of amides is 1. The van der Waals surface area contributed by atoms with Gasteiger partial charge in [-0.3, -0.25) is 9.69 Å². The van der Waals surface area contributed by atoms with E-state index in [0.29, 0.717) is 18.7 Å². The summed E-state index contributed by atoms with van der Waals surface area (Å²) in [5.41, 5.74) is 3.90. The molecule has 1 saturated heterocycles. The highest BCUT2D eigenvalue weighted by atomic mass is 16.2. The van der Waals surface area contributed by atoms with Crippen LogP contribution < -0.4 is 10.2 Å². The first-order valence-electron chi connectivity index (χ1n) is 11.1. The molecule has 1 atom stereocenters. The van der Waals surface area contributed by atoms with E-state index in [0.717, 1.165) is 35.5 Å². The van der Waals surface area contributed by atoms with Crippen LogP contribution in [0.25, 0.3) is 16.7 Å². The van der Waals surface area contributed by atoms with Gasteiger partial charge in [-0.05, 0) is 31.7 Å². The molecule has 0 spiro atoms. The molecule has 3 heterocycles. The minimum atomic E-state index is -0.264. The highest BCUT2D eigenvalue weighted by Crippen LogP contribution is 2.25. The van der Waals surface area contributed by atoms with Crippen LogP contribution in [0.4, 0.5) is 5.82 Å². The minimum Gasteiger partial charge on any atom is -0.353 e. The van der Waals surface area contributed by atoms with Crippen LogP contribution in [-0.2, 0) is 11.3 Å². The first-order valence-corrected chi connectivity index (χ1v) is 11.1. The van der Waals surface area contributed by atoms with Gasteiger partial charge in [0.2, 0.25) is 5.91 Å². The molecule has 33 heavy (non-hydrogen) atoms.